The van der Waals surface area contributed by atoms with Crippen LogP contribution in [-0.4, -0.2) is 87.8 Å². The molecule has 5 heterocycles. The Labute approximate surface area is 198 Å². The number of hydrogen-bond donors (Lipinski definition) is 2. The van der Waals surface area contributed by atoms with E-state index < -0.39 is 5.54 Å². The first-order valence-electron chi connectivity index (χ1n) is 12.0. The van der Waals surface area contributed by atoms with Gasteiger partial charge in [0, 0.05) is 56.2 Å². The van der Waals surface area contributed by atoms with Gasteiger partial charge in [-0.1, -0.05) is 0 Å². The van der Waals surface area contributed by atoms with Crippen LogP contribution in [0.4, 0.5) is 17.7 Å². The van der Waals surface area contributed by atoms with E-state index in [4.69, 9.17) is 26.2 Å². The third-order valence-electron chi connectivity index (χ3n) is 7.66. The minimum absolute atomic E-state index is 0.0899. The van der Waals surface area contributed by atoms with Gasteiger partial charge in [0.05, 0.1) is 30.0 Å². The van der Waals surface area contributed by atoms with Crippen LogP contribution in [0, 0.1) is 0 Å². The van der Waals surface area contributed by atoms with Crippen molar-refractivity contribution in [1.29, 1.82) is 0 Å². The van der Waals surface area contributed by atoms with E-state index in [1.165, 1.54) is 0 Å². The van der Waals surface area contributed by atoms with E-state index in [-0.39, 0.29) is 17.4 Å². The summed E-state index contributed by atoms with van der Waals surface area (Å²) in [5, 5.41) is 0. The van der Waals surface area contributed by atoms with E-state index >= 15 is 0 Å². The first-order valence-corrected chi connectivity index (χ1v) is 12.0. The summed E-state index contributed by atoms with van der Waals surface area (Å²) in [5.74, 6) is 1.95. The zero-order valence-corrected chi connectivity index (χ0v) is 19.5. The summed E-state index contributed by atoms with van der Waals surface area (Å²) in [6.45, 7) is 7.23. The molecule has 11 nitrogen and oxygen atoms in total. The van der Waals surface area contributed by atoms with Gasteiger partial charge in [0.25, 0.3) is 0 Å². The van der Waals surface area contributed by atoms with Crippen LogP contribution in [0.2, 0.25) is 0 Å². The largest absolute Gasteiger partial charge is 0.378 e. The lowest BCUT2D eigenvalue weighted by Crippen LogP contribution is -2.51. The number of rotatable bonds is 4. The van der Waals surface area contributed by atoms with E-state index in [2.05, 4.69) is 26.7 Å². The molecular formula is C23H31N9O2. The van der Waals surface area contributed by atoms with Crippen molar-refractivity contribution in [2.45, 2.75) is 43.7 Å². The van der Waals surface area contributed by atoms with Crippen molar-refractivity contribution >= 4 is 23.6 Å². The molecule has 0 radical (unpaired) electrons. The zero-order chi connectivity index (χ0) is 23.5. The number of ether oxygens (including phenoxy) is 1. The van der Waals surface area contributed by atoms with Gasteiger partial charge < -0.3 is 30.9 Å². The predicted octanol–water partition coefficient (Wildman–Crippen LogP) is 0.197. The Kier molecular flexibility index (Phi) is 4.89. The van der Waals surface area contributed by atoms with Crippen LogP contribution in [0.1, 0.15) is 31.7 Å². The zero-order valence-electron chi connectivity index (χ0n) is 19.5. The summed E-state index contributed by atoms with van der Waals surface area (Å²) < 4.78 is 5.54. The maximum Gasteiger partial charge on any atom is 0.242 e. The smallest absolute Gasteiger partial charge is 0.242 e. The molecule has 6 rings (SSSR count). The molecule has 3 aliphatic heterocycles. The quantitative estimate of drug-likeness (QED) is 0.643. The van der Waals surface area contributed by atoms with Crippen LogP contribution in [0.15, 0.2) is 12.4 Å². The normalized spacial score (nSPS) is 25.5. The molecule has 180 valence electrons. The predicted molar refractivity (Wildman–Crippen MR) is 127 cm³/mol. The maximum absolute atomic E-state index is 12.9. The fourth-order valence-electron chi connectivity index (χ4n) is 5.38. The van der Waals surface area contributed by atoms with Crippen molar-refractivity contribution in [2.75, 3.05) is 61.5 Å². The van der Waals surface area contributed by atoms with Crippen molar-refractivity contribution < 1.29 is 9.53 Å². The number of carbonyl (C=O) groups excluding carboxylic acids is 1. The molecule has 3 fully saturated rings. The highest BCUT2D eigenvalue weighted by Gasteiger charge is 2.52. The van der Waals surface area contributed by atoms with Crippen LogP contribution in [0.5, 0.6) is 0 Å². The number of anilines is 3. The molecule has 11 heteroatoms. The van der Waals surface area contributed by atoms with Crippen molar-refractivity contribution in [3.8, 4) is 11.3 Å². The molecule has 1 saturated carbocycles. The third kappa shape index (κ3) is 3.54. The summed E-state index contributed by atoms with van der Waals surface area (Å²) in [4.78, 5) is 37.8. The SMILES string of the molecule is C[C@]1(N2CCc3c(-c4cnc(N)nc4)nc(N4CCOCC4)nc32)CCN(C(=O)C2(N)CC2)C1. The second-order valence-corrected chi connectivity index (χ2v) is 10.1. The molecule has 0 bridgehead atoms. The number of nitrogens with zero attached hydrogens (tertiary/aromatic N) is 7. The maximum atomic E-state index is 12.9. The van der Waals surface area contributed by atoms with Crippen LogP contribution in [0.25, 0.3) is 11.3 Å². The fourth-order valence-corrected chi connectivity index (χ4v) is 5.38. The van der Waals surface area contributed by atoms with E-state index in [1.807, 2.05) is 4.90 Å². The van der Waals surface area contributed by atoms with E-state index in [1.54, 1.807) is 12.4 Å². The van der Waals surface area contributed by atoms with Gasteiger partial charge in [-0.25, -0.2) is 15.0 Å². The molecule has 0 spiro atoms. The summed E-state index contributed by atoms with van der Waals surface area (Å²) in [5.41, 5.74) is 13.9. The Hall–Kier alpha value is -3.05. The van der Waals surface area contributed by atoms with Gasteiger partial charge in [-0.05, 0) is 32.6 Å². The minimum atomic E-state index is -0.637. The van der Waals surface area contributed by atoms with Gasteiger partial charge in [-0.15, -0.1) is 0 Å². The van der Waals surface area contributed by atoms with Crippen LogP contribution < -0.4 is 21.3 Å². The molecular weight excluding hydrogens is 434 g/mol. The number of fused-ring (bicyclic) bond motifs is 1. The monoisotopic (exact) mass is 465 g/mol. The number of morpholine rings is 1. The number of likely N-dealkylation sites (tertiary alicyclic amines) is 1. The van der Waals surface area contributed by atoms with Crippen molar-refractivity contribution in [3.63, 3.8) is 0 Å². The molecule has 4 N–H and O–H groups in total. The molecule has 2 aromatic rings. The number of hydrogen-bond acceptors (Lipinski definition) is 10. The van der Waals surface area contributed by atoms with Crippen molar-refractivity contribution in [2.24, 2.45) is 5.73 Å². The molecule has 1 aliphatic carbocycles. The van der Waals surface area contributed by atoms with Crippen LogP contribution >= 0.6 is 0 Å². The van der Waals surface area contributed by atoms with E-state index in [9.17, 15) is 4.79 Å². The second-order valence-electron chi connectivity index (χ2n) is 10.1. The summed E-state index contributed by atoms with van der Waals surface area (Å²) in [6.07, 6.45) is 6.73. The first-order chi connectivity index (χ1) is 16.4. The lowest BCUT2D eigenvalue weighted by atomic mass is 9.99. The lowest BCUT2D eigenvalue weighted by Gasteiger charge is -2.37. The second kappa shape index (κ2) is 7.74. The average molecular weight is 466 g/mol. The number of carbonyl (C=O) groups is 1. The molecule has 0 unspecified atom stereocenters. The molecule has 4 aliphatic rings. The highest BCUT2D eigenvalue weighted by atomic mass is 16.5. The molecule has 1 atom stereocenters. The number of amides is 1. The molecule has 0 aromatic carbocycles. The highest BCUT2D eigenvalue weighted by Crippen LogP contribution is 2.43. The van der Waals surface area contributed by atoms with E-state index in [0.29, 0.717) is 25.7 Å². The van der Waals surface area contributed by atoms with Gasteiger partial charge in [-0.2, -0.15) is 4.98 Å². The van der Waals surface area contributed by atoms with Crippen LogP contribution in [-0.2, 0) is 16.0 Å². The molecule has 34 heavy (non-hydrogen) atoms. The molecule has 1 amide bonds. The van der Waals surface area contributed by atoms with Gasteiger partial charge in [0.15, 0.2) is 0 Å². The topological polar surface area (TPSA) is 140 Å². The standard InChI is InChI=1S/C23H31N9O2/c1-22(5-7-31(14-22)19(33)23(25)3-4-23)32-6-2-16-17(15-12-26-20(24)27-13-15)28-21(29-18(16)32)30-8-10-34-11-9-30/h12-13H,2-11,14,25H2,1H3,(H2,24,26,27)/t22-/m0/s1. The summed E-state index contributed by atoms with van der Waals surface area (Å²) in [7, 11) is 0. The Morgan fingerprint density at radius 2 is 1.79 bits per heavy atom. The fraction of sp³-hybridized carbons (Fsp3) is 0.609. The van der Waals surface area contributed by atoms with E-state index in [0.717, 1.165) is 74.5 Å². The van der Waals surface area contributed by atoms with Crippen molar-refractivity contribution in [3.05, 3.63) is 18.0 Å². The van der Waals surface area contributed by atoms with Gasteiger partial charge in [-0.3, -0.25) is 4.79 Å². The molecule has 2 saturated heterocycles. The van der Waals surface area contributed by atoms with Gasteiger partial charge in [0.2, 0.25) is 17.8 Å². The Morgan fingerprint density at radius 1 is 1.06 bits per heavy atom. The molecule has 2 aromatic heterocycles. The van der Waals surface area contributed by atoms with Crippen molar-refractivity contribution in [1.82, 2.24) is 24.8 Å². The van der Waals surface area contributed by atoms with Crippen LogP contribution in [0.3, 0.4) is 0 Å². The average Bonchev–Trinajstić information content (AvgIpc) is 3.27. The van der Waals surface area contributed by atoms with Gasteiger partial charge in [0.1, 0.15) is 5.82 Å². The number of nitrogen functional groups attached to an aromatic ring is 1. The minimum Gasteiger partial charge on any atom is -0.378 e. The number of aromatic nitrogens is 4. The third-order valence-corrected chi connectivity index (χ3v) is 7.66. The summed E-state index contributed by atoms with van der Waals surface area (Å²) in [6, 6.07) is 0. The Balaban J connectivity index is 1.37. The van der Waals surface area contributed by atoms with Gasteiger partial charge >= 0.3 is 0 Å². The Morgan fingerprint density at radius 3 is 2.50 bits per heavy atom. The number of nitrogens with two attached hydrogens (primary N) is 2. The Bertz CT molecular complexity index is 1110. The first kappa shape index (κ1) is 21.5. The lowest BCUT2D eigenvalue weighted by molar-refractivity contribution is -0.132. The highest BCUT2D eigenvalue weighted by molar-refractivity contribution is 5.89. The summed E-state index contributed by atoms with van der Waals surface area (Å²) >= 11 is 0.